The second kappa shape index (κ2) is 6.16. The van der Waals surface area contributed by atoms with E-state index in [-0.39, 0.29) is 18.4 Å². The fourth-order valence-electron chi connectivity index (χ4n) is 1.65. The van der Waals surface area contributed by atoms with Gasteiger partial charge in [-0.15, -0.1) is 12.4 Å². The molecule has 1 fully saturated rings. The van der Waals surface area contributed by atoms with Gasteiger partial charge in [-0.25, -0.2) is 0 Å². The molecule has 0 aliphatic carbocycles. The Morgan fingerprint density at radius 2 is 2.06 bits per heavy atom. The van der Waals surface area contributed by atoms with Crippen LogP contribution in [0.2, 0.25) is 0 Å². The average Bonchev–Trinajstić information content (AvgIpc) is 2.65. The minimum absolute atomic E-state index is 0. The normalized spacial score (nSPS) is 22.8. The van der Waals surface area contributed by atoms with Crippen molar-refractivity contribution in [3.8, 4) is 0 Å². The molecule has 1 unspecified atom stereocenters. The van der Waals surface area contributed by atoms with E-state index >= 15 is 0 Å². The molecule has 0 amide bonds. The Balaban J connectivity index is 0.00000225. The van der Waals surface area contributed by atoms with Crippen LogP contribution in [0.15, 0.2) is 0 Å². The number of hydrogen-bond donors (Lipinski definition) is 1. The van der Waals surface area contributed by atoms with Crippen LogP contribution in [-0.4, -0.2) is 49.8 Å². The van der Waals surface area contributed by atoms with E-state index in [1.54, 1.807) is 7.05 Å². The molecule has 7 heteroatoms. The zero-order valence-electron chi connectivity index (χ0n) is 10.1. The summed E-state index contributed by atoms with van der Waals surface area (Å²) in [6.07, 6.45) is 0.877. The topological polar surface area (TPSA) is 66.6 Å². The third kappa shape index (κ3) is 3.30. The Bertz CT molecular complexity index is 308. The smallest absolute Gasteiger partial charge is 0.281 e. The fraction of sp³-hybridized carbons (Fsp3) is 1.00. The van der Waals surface area contributed by atoms with E-state index < -0.39 is 10.2 Å². The van der Waals surface area contributed by atoms with Crippen LogP contribution in [0.25, 0.3) is 0 Å². The zero-order valence-corrected chi connectivity index (χ0v) is 11.7. The maximum absolute atomic E-state index is 12.0. The Morgan fingerprint density at radius 1 is 1.50 bits per heavy atom. The van der Waals surface area contributed by atoms with E-state index in [1.807, 2.05) is 13.8 Å². The lowest BCUT2D eigenvalue weighted by molar-refractivity contribution is 0.355. The van der Waals surface area contributed by atoms with Crippen LogP contribution in [-0.2, 0) is 10.2 Å². The molecule has 0 aromatic carbocycles. The van der Waals surface area contributed by atoms with E-state index in [4.69, 9.17) is 5.73 Å². The van der Waals surface area contributed by atoms with Crippen LogP contribution in [0.1, 0.15) is 20.3 Å². The van der Waals surface area contributed by atoms with Gasteiger partial charge in [-0.1, -0.05) is 0 Å². The van der Waals surface area contributed by atoms with Gasteiger partial charge >= 0.3 is 0 Å². The highest BCUT2D eigenvalue weighted by atomic mass is 35.5. The standard InChI is InChI=1S/C9H21N3O2S.ClH/c1-8(2)11(3)15(13,14)12-5-4-9(6-10)7-12;/h8-9H,4-7,10H2,1-3H3;1H. The van der Waals surface area contributed by atoms with Gasteiger partial charge in [-0.05, 0) is 32.7 Å². The molecular weight excluding hydrogens is 250 g/mol. The zero-order chi connectivity index (χ0) is 11.6. The molecular formula is C9H22ClN3O2S. The number of hydrogen-bond acceptors (Lipinski definition) is 3. The van der Waals surface area contributed by atoms with Crippen molar-refractivity contribution in [2.24, 2.45) is 11.7 Å². The lowest BCUT2D eigenvalue weighted by Crippen LogP contribution is -2.44. The van der Waals surface area contributed by atoms with Crippen molar-refractivity contribution >= 4 is 22.6 Å². The molecule has 5 nitrogen and oxygen atoms in total. The van der Waals surface area contributed by atoms with Crippen molar-refractivity contribution in [2.45, 2.75) is 26.3 Å². The highest BCUT2D eigenvalue weighted by Gasteiger charge is 2.34. The molecule has 16 heavy (non-hydrogen) atoms. The van der Waals surface area contributed by atoms with E-state index in [0.717, 1.165) is 6.42 Å². The van der Waals surface area contributed by atoms with Gasteiger partial charge in [0.1, 0.15) is 0 Å². The maximum Gasteiger partial charge on any atom is 0.281 e. The minimum Gasteiger partial charge on any atom is -0.330 e. The van der Waals surface area contributed by atoms with Gasteiger partial charge < -0.3 is 5.73 Å². The first-order chi connectivity index (χ1) is 6.89. The first kappa shape index (κ1) is 16.1. The van der Waals surface area contributed by atoms with Gasteiger partial charge in [0.25, 0.3) is 10.2 Å². The van der Waals surface area contributed by atoms with Crippen LogP contribution >= 0.6 is 12.4 Å². The molecule has 1 aliphatic heterocycles. The number of nitrogens with zero attached hydrogens (tertiary/aromatic N) is 2. The first-order valence-corrected chi connectivity index (χ1v) is 6.72. The summed E-state index contributed by atoms with van der Waals surface area (Å²) in [6, 6.07) is -0.00748. The summed E-state index contributed by atoms with van der Waals surface area (Å²) in [5, 5.41) is 0. The van der Waals surface area contributed by atoms with Crippen molar-refractivity contribution in [1.82, 2.24) is 8.61 Å². The highest BCUT2D eigenvalue weighted by Crippen LogP contribution is 2.20. The molecule has 0 saturated carbocycles. The van der Waals surface area contributed by atoms with E-state index in [9.17, 15) is 8.42 Å². The molecule has 0 aromatic heterocycles. The highest BCUT2D eigenvalue weighted by molar-refractivity contribution is 7.86. The Morgan fingerprint density at radius 3 is 2.44 bits per heavy atom. The Kier molecular flexibility index (Phi) is 6.21. The molecule has 98 valence electrons. The average molecular weight is 272 g/mol. The van der Waals surface area contributed by atoms with Crippen LogP contribution in [0, 0.1) is 5.92 Å². The van der Waals surface area contributed by atoms with E-state index in [2.05, 4.69) is 0 Å². The summed E-state index contributed by atoms with van der Waals surface area (Å²) in [4.78, 5) is 0. The molecule has 0 spiro atoms. The molecule has 0 aromatic rings. The summed E-state index contributed by atoms with van der Waals surface area (Å²) in [5.74, 6) is 0.320. The molecule has 1 heterocycles. The molecule has 1 saturated heterocycles. The van der Waals surface area contributed by atoms with Crippen LogP contribution in [0.3, 0.4) is 0 Å². The third-order valence-corrected chi connectivity index (χ3v) is 5.13. The van der Waals surface area contributed by atoms with E-state index in [1.165, 1.54) is 8.61 Å². The lowest BCUT2D eigenvalue weighted by Gasteiger charge is -2.26. The largest absolute Gasteiger partial charge is 0.330 e. The van der Waals surface area contributed by atoms with Gasteiger partial charge in [0.15, 0.2) is 0 Å². The second-order valence-electron chi connectivity index (χ2n) is 4.37. The third-order valence-electron chi connectivity index (χ3n) is 3.00. The van der Waals surface area contributed by atoms with Crippen LogP contribution in [0.4, 0.5) is 0 Å². The van der Waals surface area contributed by atoms with Gasteiger partial charge in [0, 0.05) is 26.2 Å². The summed E-state index contributed by atoms with van der Waals surface area (Å²) in [7, 11) is -1.65. The molecule has 1 rings (SSSR count). The summed E-state index contributed by atoms with van der Waals surface area (Å²) in [5.41, 5.74) is 5.54. The SMILES string of the molecule is CC(C)N(C)S(=O)(=O)N1CCC(CN)C1.Cl. The first-order valence-electron chi connectivity index (χ1n) is 5.32. The van der Waals surface area contributed by atoms with Gasteiger partial charge in [-0.3, -0.25) is 0 Å². The van der Waals surface area contributed by atoms with Gasteiger partial charge in [0.05, 0.1) is 0 Å². The minimum atomic E-state index is -3.27. The maximum atomic E-state index is 12.0. The molecule has 0 bridgehead atoms. The summed E-state index contributed by atoms with van der Waals surface area (Å²) >= 11 is 0. The van der Waals surface area contributed by atoms with Crippen molar-refractivity contribution in [1.29, 1.82) is 0 Å². The number of nitrogens with two attached hydrogens (primary N) is 1. The number of rotatable bonds is 4. The number of halogens is 1. The van der Waals surface area contributed by atoms with Crippen molar-refractivity contribution in [2.75, 3.05) is 26.7 Å². The summed E-state index contributed by atoms with van der Waals surface area (Å²) < 4.78 is 27.0. The van der Waals surface area contributed by atoms with Crippen molar-refractivity contribution < 1.29 is 8.42 Å². The van der Waals surface area contributed by atoms with Gasteiger partial charge in [-0.2, -0.15) is 17.0 Å². The van der Waals surface area contributed by atoms with Crippen molar-refractivity contribution in [3.63, 3.8) is 0 Å². The van der Waals surface area contributed by atoms with Crippen LogP contribution < -0.4 is 5.73 Å². The molecule has 0 radical (unpaired) electrons. The van der Waals surface area contributed by atoms with Crippen LogP contribution in [0.5, 0.6) is 0 Å². The molecule has 1 aliphatic rings. The summed E-state index contributed by atoms with van der Waals surface area (Å²) in [6.45, 7) is 5.47. The molecule has 2 N–H and O–H groups in total. The Labute approximate surface area is 105 Å². The fourth-order valence-corrected chi connectivity index (χ4v) is 3.28. The predicted molar refractivity (Wildman–Crippen MR) is 67.8 cm³/mol. The molecule has 1 atom stereocenters. The Hall–Kier alpha value is 0.120. The lowest BCUT2D eigenvalue weighted by atomic mass is 10.1. The van der Waals surface area contributed by atoms with Crippen molar-refractivity contribution in [3.05, 3.63) is 0 Å². The monoisotopic (exact) mass is 271 g/mol. The second-order valence-corrected chi connectivity index (χ2v) is 6.35. The quantitative estimate of drug-likeness (QED) is 0.798. The van der Waals surface area contributed by atoms with E-state index in [0.29, 0.717) is 25.6 Å². The predicted octanol–water partition coefficient (Wildman–Crippen LogP) is 0.274. The van der Waals surface area contributed by atoms with Gasteiger partial charge in [0.2, 0.25) is 0 Å².